The summed E-state index contributed by atoms with van der Waals surface area (Å²) in [6.45, 7) is 3.31. The Hall–Kier alpha value is -3.88. The molecule has 0 unspecified atom stereocenters. The maximum atomic E-state index is 13.1. The van der Waals surface area contributed by atoms with E-state index in [1.807, 2.05) is 0 Å². The average molecular weight is 396 g/mol. The van der Waals surface area contributed by atoms with Crippen molar-refractivity contribution < 1.29 is 24.7 Å². The second-order valence-corrected chi connectivity index (χ2v) is 6.26. The van der Waals surface area contributed by atoms with Crippen LogP contribution in [0.15, 0.2) is 42.6 Å². The Morgan fingerprint density at radius 3 is 2.76 bits per heavy atom. The van der Waals surface area contributed by atoms with Crippen molar-refractivity contribution in [2.45, 2.75) is 19.9 Å². The van der Waals surface area contributed by atoms with Crippen LogP contribution >= 0.6 is 0 Å². The number of nitro benzene ring substituents is 1. The summed E-state index contributed by atoms with van der Waals surface area (Å²) >= 11 is 0. The van der Waals surface area contributed by atoms with Gasteiger partial charge in [0.1, 0.15) is 0 Å². The second kappa shape index (κ2) is 8.01. The van der Waals surface area contributed by atoms with Crippen molar-refractivity contribution in [1.29, 1.82) is 0 Å². The number of non-ortho nitro benzene ring substituents is 1. The molecule has 2 aromatic carbocycles. The minimum atomic E-state index is -0.995. The van der Waals surface area contributed by atoms with Gasteiger partial charge in [-0.1, -0.05) is 11.8 Å². The number of hydrogen-bond donors (Lipinski definition) is 2. The number of nitro groups is 1. The molecule has 1 atom stereocenters. The van der Waals surface area contributed by atoms with E-state index in [9.17, 15) is 25.1 Å². The third kappa shape index (κ3) is 3.88. The van der Waals surface area contributed by atoms with Gasteiger partial charge in [0.25, 0.3) is 5.69 Å². The first-order chi connectivity index (χ1) is 13.8. The lowest BCUT2D eigenvalue weighted by Crippen LogP contribution is -2.28. The third-order valence-corrected chi connectivity index (χ3v) is 4.33. The first-order valence-electron chi connectivity index (χ1n) is 8.79. The number of hydrogen-bond acceptors (Lipinski definition) is 7. The predicted molar refractivity (Wildman–Crippen MR) is 103 cm³/mol. The fourth-order valence-electron chi connectivity index (χ4n) is 3.11. The SMILES string of the molecule is CCOc1cc([C@H](NC(C)=O)c2cc([N+](=O)[O-])c3cccnc3c2[O-])ccc1O. The van der Waals surface area contributed by atoms with Crippen LogP contribution in [-0.4, -0.2) is 27.5 Å². The summed E-state index contributed by atoms with van der Waals surface area (Å²) in [5.74, 6) is -0.910. The van der Waals surface area contributed by atoms with Gasteiger partial charge in [-0.25, -0.2) is 0 Å². The van der Waals surface area contributed by atoms with E-state index in [0.717, 1.165) is 6.07 Å². The molecule has 0 aliphatic carbocycles. The van der Waals surface area contributed by atoms with Crippen molar-refractivity contribution in [2.24, 2.45) is 0 Å². The van der Waals surface area contributed by atoms with Crippen LogP contribution in [0, 0.1) is 10.1 Å². The van der Waals surface area contributed by atoms with Gasteiger partial charge in [0.2, 0.25) is 5.91 Å². The van der Waals surface area contributed by atoms with E-state index in [2.05, 4.69) is 10.3 Å². The molecule has 3 rings (SSSR count). The van der Waals surface area contributed by atoms with Gasteiger partial charge >= 0.3 is 0 Å². The van der Waals surface area contributed by atoms with Crippen LogP contribution < -0.4 is 15.2 Å². The molecule has 1 amide bonds. The van der Waals surface area contributed by atoms with E-state index >= 15 is 0 Å². The Labute approximate surface area is 165 Å². The molecule has 0 saturated heterocycles. The van der Waals surface area contributed by atoms with Crippen molar-refractivity contribution in [2.75, 3.05) is 6.61 Å². The van der Waals surface area contributed by atoms with Crippen LogP contribution in [0.25, 0.3) is 10.9 Å². The number of amides is 1. The number of pyridine rings is 1. The first-order valence-corrected chi connectivity index (χ1v) is 8.79. The fourth-order valence-corrected chi connectivity index (χ4v) is 3.11. The number of benzene rings is 2. The Bertz CT molecular complexity index is 1100. The third-order valence-electron chi connectivity index (χ3n) is 4.33. The molecule has 0 aliphatic heterocycles. The Kier molecular flexibility index (Phi) is 5.49. The number of nitrogens with zero attached hydrogens (tertiary/aromatic N) is 2. The van der Waals surface area contributed by atoms with Crippen molar-refractivity contribution in [3.8, 4) is 17.2 Å². The zero-order valence-corrected chi connectivity index (χ0v) is 15.7. The number of aromatic nitrogens is 1. The standard InChI is InChI=1S/C20H19N3O6/c1-3-29-17-9-12(6-7-16(17)25)18(22-11(2)24)14-10-15(23(27)28)13-5-4-8-21-19(13)20(14)26/h4-10,18,25-26H,3H2,1-2H3,(H,22,24)/p-1/t18-/m0/s1. The molecule has 0 fully saturated rings. The molecule has 0 saturated carbocycles. The monoisotopic (exact) mass is 396 g/mol. The lowest BCUT2D eigenvalue weighted by molar-refractivity contribution is -0.383. The number of rotatable bonds is 6. The Morgan fingerprint density at radius 2 is 2.10 bits per heavy atom. The quantitative estimate of drug-likeness (QED) is 0.482. The maximum absolute atomic E-state index is 13.1. The topological polar surface area (TPSA) is 138 Å². The molecule has 0 radical (unpaired) electrons. The van der Waals surface area contributed by atoms with Crippen LogP contribution in [0.3, 0.4) is 0 Å². The minimum absolute atomic E-state index is 0.00811. The molecule has 9 heteroatoms. The molecule has 0 bridgehead atoms. The van der Waals surface area contributed by atoms with Gasteiger partial charge in [0, 0.05) is 19.2 Å². The summed E-state index contributed by atoms with van der Waals surface area (Å²) in [6.07, 6.45) is 1.37. The molecular formula is C20H18N3O6-. The van der Waals surface area contributed by atoms with Crippen LogP contribution in [0.1, 0.15) is 31.0 Å². The number of phenolic OH excluding ortho intramolecular Hbond substituents is 1. The molecule has 29 heavy (non-hydrogen) atoms. The molecule has 0 aliphatic rings. The van der Waals surface area contributed by atoms with Gasteiger partial charge in [-0.2, -0.15) is 0 Å². The van der Waals surface area contributed by atoms with Crippen LogP contribution in [-0.2, 0) is 4.79 Å². The molecule has 3 aromatic rings. The highest BCUT2D eigenvalue weighted by Gasteiger charge is 2.24. The largest absolute Gasteiger partial charge is 0.871 e. The summed E-state index contributed by atoms with van der Waals surface area (Å²) in [5, 5.41) is 37.3. The normalized spacial score (nSPS) is 11.8. The number of phenols is 1. The fraction of sp³-hybridized carbons (Fsp3) is 0.200. The van der Waals surface area contributed by atoms with Gasteiger partial charge in [-0.15, -0.1) is 0 Å². The van der Waals surface area contributed by atoms with E-state index in [4.69, 9.17) is 4.74 Å². The van der Waals surface area contributed by atoms with Gasteiger partial charge < -0.3 is 20.3 Å². The van der Waals surface area contributed by atoms with Crippen LogP contribution in [0.4, 0.5) is 5.69 Å². The first kappa shape index (κ1) is 19.9. The molecule has 1 aromatic heterocycles. The van der Waals surface area contributed by atoms with Crippen molar-refractivity contribution in [3.05, 3.63) is 63.8 Å². The highest BCUT2D eigenvalue weighted by molar-refractivity contribution is 5.93. The van der Waals surface area contributed by atoms with E-state index in [1.165, 1.54) is 43.5 Å². The molecule has 150 valence electrons. The summed E-state index contributed by atoms with van der Waals surface area (Å²) in [4.78, 5) is 26.8. The predicted octanol–water partition coefficient (Wildman–Crippen LogP) is 2.55. The summed E-state index contributed by atoms with van der Waals surface area (Å²) in [5.41, 5.74) is 0.0621. The molecule has 9 nitrogen and oxygen atoms in total. The van der Waals surface area contributed by atoms with Crippen molar-refractivity contribution in [3.63, 3.8) is 0 Å². The van der Waals surface area contributed by atoms with E-state index in [1.54, 1.807) is 6.92 Å². The number of ether oxygens (including phenoxy) is 1. The number of nitrogens with one attached hydrogen (secondary N) is 1. The van der Waals surface area contributed by atoms with E-state index in [-0.39, 0.29) is 33.7 Å². The minimum Gasteiger partial charge on any atom is -0.871 e. The Balaban J connectivity index is 2.26. The second-order valence-electron chi connectivity index (χ2n) is 6.26. The van der Waals surface area contributed by atoms with Gasteiger partial charge in [-0.05, 0) is 42.3 Å². The molecule has 2 N–H and O–H groups in total. The average Bonchev–Trinajstić information content (AvgIpc) is 2.68. The zero-order chi connectivity index (χ0) is 21.1. The highest BCUT2D eigenvalue weighted by Crippen LogP contribution is 2.39. The highest BCUT2D eigenvalue weighted by atomic mass is 16.6. The van der Waals surface area contributed by atoms with Gasteiger partial charge in [0.15, 0.2) is 11.5 Å². The summed E-state index contributed by atoms with van der Waals surface area (Å²) in [6, 6.07) is 7.47. The number of fused-ring (bicyclic) bond motifs is 1. The molecular weight excluding hydrogens is 378 g/mol. The summed E-state index contributed by atoms with van der Waals surface area (Å²) < 4.78 is 5.37. The van der Waals surface area contributed by atoms with Crippen molar-refractivity contribution in [1.82, 2.24) is 10.3 Å². The number of carbonyl (C=O) groups excluding carboxylic acids is 1. The molecule has 1 heterocycles. The lowest BCUT2D eigenvalue weighted by Gasteiger charge is -2.25. The van der Waals surface area contributed by atoms with Crippen LogP contribution in [0.2, 0.25) is 0 Å². The van der Waals surface area contributed by atoms with Gasteiger partial charge in [-0.3, -0.25) is 19.9 Å². The maximum Gasteiger partial charge on any atom is 0.279 e. The van der Waals surface area contributed by atoms with E-state index < -0.39 is 22.6 Å². The van der Waals surface area contributed by atoms with Crippen LogP contribution in [0.5, 0.6) is 17.2 Å². The van der Waals surface area contributed by atoms with E-state index in [0.29, 0.717) is 12.2 Å². The zero-order valence-electron chi connectivity index (χ0n) is 15.7. The number of aromatic hydroxyl groups is 1. The van der Waals surface area contributed by atoms with Crippen molar-refractivity contribution >= 4 is 22.5 Å². The Morgan fingerprint density at radius 1 is 1.34 bits per heavy atom. The molecule has 0 spiro atoms. The summed E-state index contributed by atoms with van der Waals surface area (Å²) in [7, 11) is 0. The lowest BCUT2D eigenvalue weighted by atomic mass is 9.95. The van der Waals surface area contributed by atoms with Gasteiger partial charge in [0.05, 0.1) is 28.5 Å². The number of carbonyl (C=O) groups is 1. The smallest absolute Gasteiger partial charge is 0.279 e.